The highest BCUT2D eigenvalue weighted by molar-refractivity contribution is 5.92. The number of carbonyl (C=O) groups excluding carboxylic acids is 1. The highest BCUT2D eigenvalue weighted by Gasteiger charge is 2.44. The summed E-state index contributed by atoms with van der Waals surface area (Å²) in [4.78, 5) is 11.7. The molecule has 1 aromatic heterocycles. The van der Waals surface area contributed by atoms with E-state index in [0.717, 1.165) is 18.3 Å². The van der Waals surface area contributed by atoms with Crippen molar-refractivity contribution in [1.82, 2.24) is 20.7 Å². The molecule has 1 amide bonds. The third kappa shape index (κ3) is 4.14. The Hall–Kier alpha value is -2.72. The van der Waals surface area contributed by atoms with Gasteiger partial charge in [-0.15, -0.1) is 0 Å². The highest BCUT2D eigenvalue weighted by atomic mass is 19.4. The van der Waals surface area contributed by atoms with E-state index in [1.807, 2.05) is 5.21 Å². The minimum absolute atomic E-state index is 0.383. The Bertz CT molecular complexity index is 660. The first kappa shape index (κ1) is 16.6. The van der Waals surface area contributed by atoms with Crippen molar-refractivity contribution in [1.29, 1.82) is 0 Å². The summed E-state index contributed by atoms with van der Waals surface area (Å²) in [6.45, 7) is -3.31. The lowest BCUT2D eigenvalue weighted by atomic mass is 10.0. The van der Waals surface area contributed by atoms with Crippen molar-refractivity contribution in [3.05, 3.63) is 41.7 Å². The third-order valence-electron chi connectivity index (χ3n) is 2.70. The zero-order valence-electron chi connectivity index (χ0n) is 11.1. The van der Waals surface area contributed by atoms with E-state index in [2.05, 4.69) is 14.9 Å². The SMILES string of the molecule is O=C(N[C@H](c1ccccc1OC(F)F)C(F)(F)F)c1cn[nH]n1. The molecule has 0 aliphatic rings. The van der Waals surface area contributed by atoms with Crippen molar-refractivity contribution >= 4 is 5.91 Å². The number of nitrogens with one attached hydrogen (secondary N) is 2. The molecule has 0 spiro atoms. The molecule has 2 rings (SSSR count). The average Bonchev–Trinajstić information content (AvgIpc) is 2.98. The lowest BCUT2D eigenvalue weighted by Crippen LogP contribution is -2.38. The van der Waals surface area contributed by atoms with Gasteiger partial charge in [0.1, 0.15) is 5.75 Å². The molecule has 1 atom stereocenters. The van der Waals surface area contributed by atoms with Crippen LogP contribution >= 0.6 is 0 Å². The first-order chi connectivity index (χ1) is 10.8. The molecular weight excluding hydrogens is 327 g/mol. The first-order valence-corrected chi connectivity index (χ1v) is 6.06. The van der Waals surface area contributed by atoms with Gasteiger partial charge in [0.2, 0.25) is 0 Å². The molecule has 23 heavy (non-hydrogen) atoms. The summed E-state index contributed by atoms with van der Waals surface area (Å²) >= 11 is 0. The molecule has 0 fully saturated rings. The van der Waals surface area contributed by atoms with Crippen molar-refractivity contribution in [3.8, 4) is 5.75 Å². The molecule has 6 nitrogen and oxygen atoms in total. The molecule has 0 saturated heterocycles. The minimum atomic E-state index is -4.94. The van der Waals surface area contributed by atoms with Crippen molar-refractivity contribution < 1.29 is 31.5 Å². The number of alkyl halides is 5. The molecular formula is C12H9F5N4O2. The number of amides is 1. The lowest BCUT2D eigenvalue weighted by Gasteiger charge is -2.23. The Kier molecular flexibility index (Phi) is 4.77. The smallest absolute Gasteiger partial charge is 0.413 e. The number of benzene rings is 1. The number of aromatic nitrogens is 3. The molecule has 124 valence electrons. The number of halogens is 5. The van der Waals surface area contributed by atoms with E-state index >= 15 is 0 Å². The van der Waals surface area contributed by atoms with E-state index in [1.54, 1.807) is 5.32 Å². The van der Waals surface area contributed by atoms with E-state index in [0.29, 0.717) is 0 Å². The molecule has 1 heterocycles. The Labute approximate surface area is 125 Å². The van der Waals surface area contributed by atoms with Crippen LogP contribution in [0.1, 0.15) is 22.1 Å². The summed E-state index contributed by atoms with van der Waals surface area (Å²) in [5, 5.41) is 10.4. The number of aromatic amines is 1. The van der Waals surface area contributed by atoms with Gasteiger partial charge in [-0.25, -0.2) is 0 Å². The van der Waals surface area contributed by atoms with E-state index in [1.165, 1.54) is 12.1 Å². The number of rotatable bonds is 5. The molecule has 11 heteroatoms. The molecule has 0 radical (unpaired) electrons. The second-order valence-electron chi connectivity index (χ2n) is 4.22. The van der Waals surface area contributed by atoms with Crippen molar-refractivity contribution in [2.75, 3.05) is 0 Å². The van der Waals surface area contributed by atoms with Gasteiger partial charge in [-0.05, 0) is 6.07 Å². The Balaban J connectivity index is 2.35. The van der Waals surface area contributed by atoms with Gasteiger partial charge in [0.25, 0.3) is 5.91 Å². The maximum absolute atomic E-state index is 13.2. The minimum Gasteiger partial charge on any atom is -0.434 e. The van der Waals surface area contributed by atoms with Gasteiger partial charge < -0.3 is 10.1 Å². The number of carbonyl (C=O) groups is 1. The zero-order chi connectivity index (χ0) is 17.0. The van der Waals surface area contributed by atoms with Crippen LogP contribution in [-0.4, -0.2) is 34.1 Å². The van der Waals surface area contributed by atoms with Crippen LogP contribution in [-0.2, 0) is 0 Å². The predicted molar refractivity (Wildman–Crippen MR) is 65.7 cm³/mol. The summed E-state index contributed by atoms with van der Waals surface area (Å²) in [5.41, 5.74) is -1.04. The lowest BCUT2D eigenvalue weighted by molar-refractivity contribution is -0.156. The first-order valence-electron chi connectivity index (χ1n) is 6.06. The van der Waals surface area contributed by atoms with Gasteiger partial charge >= 0.3 is 12.8 Å². The van der Waals surface area contributed by atoms with Crippen LogP contribution in [0, 0.1) is 0 Å². The third-order valence-corrected chi connectivity index (χ3v) is 2.70. The molecule has 0 aliphatic heterocycles. The number of hydrogen-bond acceptors (Lipinski definition) is 4. The normalized spacial score (nSPS) is 13.0. The Morgan fingerprint density at radius 2 is 1.96 bits per heavy atom. The number of hydrogen-bond donors (Lipinski definition) is 2. The van der Waals surface area contributed by atoms with Crippen LogP contribution in [0.25, 0.3) is 0 Å². The van der Waals surface area contributed by atoms with E-state index < -0.39 is 36.0 Å². The van der Waals surface area contributed by atoms with Crippen LogP contribution in [0.15, 0.2) is 30.5 Å². The topological polar surface area (TPSA) is 79.9 Å². The van der Waals surface area contributed by atoms with Gasteiger partial charge in [-0.3, -0.25) is 4.79 Å². The van der Waals surface area contributed by atoms with Gasteiger partial charge in [0.15, 0.2) is 11.7 Å². The second-order valence-corrected chi connectivity index (χ2v) is 4.22. The summed E-state index contributed by atoms with van der Waals surface area (Å²) in [6.07, 6.45) is -4.02. The van der Waals surface area contributed by atoms with E-state index in [9.17, 15) is 26.7 Å². The summed E-state index contributed by atoms with van der Waals surface area (Å²) in [7, 11) is 0. The maximum Gasteiger partial charge on any atom is 0.413 e. The van der Waals surface area contributed by atoms with E-state index in [4.69, 9.17) is 0 Å². The molecule has 2 N–H and O–H groups in total. The van der Waals surface area contributed by atoms with E-state index in [-0.39, 0.29) is 5.69 Å². The number of H-pyrrole nitrogens is 1. The Morgan fingerprint density at radius 3 is 2.52 bits per heavy atom. The average molecular weight is 336 g/mol. The molecule has 2 aromatic rings. The fourth-order valence-electron chi connectivity index (χ4n) is 1.77. The summed E-state index contributed by atoms with van der Waals surface area (Å²) < 4.78 is 68.4. The summed E-state index contributed by atoms with van der Waals surface area (Å²) in [5.74, 6) is -1.86. The van der Waals surface area contributed by atoms with Gasteiger partial charge in [0.05, 0.1) is 6.20 Å². The summed E-state index contributed by atoms with van der Waals surface area (Å²) in [6, 6.07) is 1.76. The predicted octanol–water partition coefficient (Wildman–Crippen LogP) is 2.44. The molecule has 1 aromatic carbocycles. The fraction of sp³-hybridized carbons (Fsp3) is 0.250. The molecule has 0 aliphatic carbocycles. The van der Waals surface area contributed by atoms with Crippen LogP contribution in [0.3, 0.4) is 0 Å². The van der Waals surface area contributed by atoms with Crippen LogP contribution < -0.4 is 10.1 Å². The highest BCUT2D eigenvalue weighted by Crippen LogP contribution is 2.37. The maximum atomic E-state index is 13.2. The largest absolute Gasteiger partial charge is 0.434 e. The monoisotopic (exact) mass is 336 g/mol. The fourth-order valence-corrected chi connectivity index (χ4v) is 1.77. The number of nitrogens with zero attached hydrogens (tertiary/aromatic N) is 2. The van der Waals surface area contributed by atoms with Crippen LogP contribution in [0.4, 0.5) is 22.0 Å². The van der Waals surface area contributed by atoms with Crippen LogP contribution in [0.2, 0.25) is 0 Å². The second kappa shape index (κ2) is 6.58. The Morgan fingerprint density at radius 1 is 1.26 bits per heavy atom. The van der Waals surface area contributed by atoms with Crippen molar-refractivity contribution in [2.45, 2.75) is 18.8 Å². The van der Waals surface area contributed by atoms with Crippen LogP contribution in [0.5, 0.6) is 5.75 Å². The van der Waals surface area contributed by atoms with Crippen molar-refractivity contribution in [3.63, 3.8) is 0 Å². The number of para-hydroxylation sites is 1. The standard InChI is InChI=1S/C12H9F5N4O2/c13-11(14)23-8-4-2-1-3-6(8)9(12(15,16)17)19-10(22)7-5-18-21-20-7/h1-5,9,11H,(H,19,22)(H,18,20,21)/t9-/m1/s1. The van der Waals surface area contributed by atoms with Crippen molar-refractivity contribution in [2.24, 2.45) is 0 Å². The van der Waals surface area contributed by atoms with Gasteiger partial charge in [-0.2, -0.15) is 37.4 Å². The van der Waals surface area contributed by atoms with Gasteiger partial charge in [0, 0.05) is 5.56 Å². The number of ether oxygens (including phenoxy) is 1. The quantitative estimate of drug-likeness (QED) is 0.822. The molecule has 0 saturated carbocycles. The molecule has 0 bridgehead atoms. The van der Waals surface area contributed by atoms with Gasteiger partial charge in [-0.1, -0.05) is 18.2 Å². The molecule has 0 unspecified atom stereocenters. The zero-order valence-corrected chi connectivity index (χ0v) is 11.1.